The maximum absolute atomic E-state index is 12.9. The predicted octanol–water partition coefficient (Wildman–Crippen LogP) is 5.45. The van der Waals surface area contributed by atoms with E-state index in [1.165, 1.54) is 12.1 Å². The molecule has 3 heterocycles. The Balaban J connectivity index is 1.27. The molecule has 0 unspecified atom stereocenters. The number of benzene rings is 2. The second-order valence-electron chi connectivity index (χ2n) is 7.34. The van der Waals surface area contributed by atoms with Gasteiger partial charge in [-0.05, 0) is 43.2 Å². The molecule has 2 aliphatic rings. The van der Waals surface area contributed by atoms with E-state index in [0.717, 1.165) is 5.56 Å². The molecule has 0 radical (unpaired) electrons. The summed E-state index contributed by atoms with van der Waals surface area (Å²) in [5, 5.41) is 4.99. The van der Waals surface area contributed by atoms with Gasteiger partial charge in [-0.2, -0.15) is 4.98 Å². The van der Waals surface area contributed by atoms with Crippen molar-refractivity contribution in [2.24, 2.45) is 0 Å². The second-order valence-corrected chi connectivity index (χ2v) is 8.59. The first-order chi connectivity index (χ1) is 15.0. The molecule has 0 saturated carbocycles. The number of nitrogens with zero attached hydrogens (tertiary/aromatic N) is 3. The van der Waals surface area contributed by atoms with E-state index in [1.807, 2.05) is 18.2 Å². The Morgan fingerprint density at radius 1 is 1.00 bits per heavy atom. The molecule has 0 aliphatic carbocycles. The number of aromatic nitrogens is 2. The highest BCUT2D eigenvalue weighted by atomic mass is 35.5. The molecule has 31 heavy (non-hydrogen) atoms. The molecule has 0 bridgehead atoms. The van der Waals surface area contributed by atoms with Crippen LogP contribution in [0.4, 0.5) is 0 Å². The highest BCUT2D eigenvalue weighted by molar-refractivity contribution is 6.42. The summed E-state index contributed by atoms with van der Waals surface area (Å²) in [7, 11) is 0. The van der Waals surface area contributed by atoms with Gasteiger partial charge in [0.1, 0.15) is 0 Å². The van der Waals surface area contributed by atoms with Crippen LogP contribution in [0, 0.1) is 0 Å². The van der Waals surface area contributed by atoms with E-state index in [1.54, 1.807) is 4.90 Å². The Morgan fingerprint density at radius 3 is 2.45 bits per heavy atom. The average molecular weight is 481 g/mol. The minimum atomic E-state index is -0.211. The molecule has 2 aromatic carbocycles. The smallest absolute Gasteiger partial charge is 0.256 e. The number of carbonyl (C=O) groups is 1. The van der Waals surface area contributed by atoms with Gasteiger partial charge < -0.3 is 18.9 Å². The van der Waals surface area contributed by atoms with Gasteiger partial charge in [0.05, 0.1) is 15.6 Å². The second kappa shape index (κ2) is 8.22. The van der Waals surface area contributed by atoms with Gasteiger partial charge in [-0.3, -0.25) is 4.79 Å². The normalized spacial score (nSPS) is 16.0. The molecule has 0 atom stereocenters. The Bertz CT molecular complexity index is 1140. The van der Waals surface area contributed by atoms with E-state index in [-0.39, 0.29) is 34.2 Å². The predicted molar refractivity (Wildman–Crippen MR) is 115 cm³/mol. The van der Waals surface area contributed by atoms with Gasteiger partial charge in [-0.15, -0.1) is 0 Å². The van der Waals surface area contributed by atoms with Crippen LogP contribution in [0.5, 0.6) is 11.5 Å². The number of hydrogen-bond acceptors (Lipinski definition) is 6. The number of amides is 1. The van der Waals surface area contributed by atoms with E-state index in [0.29, 0.717) is 54.2 Å². The molecule has 7 nitrogen and oxygen atoms in total. The summed E-state index contributed by atoms with van der Waals surface area (Å²) in [4.78, 5) is 19.2. The number of ether oxygens (including phenoxy) is 2. The summed E-state index contributed by atoms with van der Waals surface area (Å²) in [6, 6.07) is 8.56. The van der Waals surface area contributed by atoms with Crippen molar-refractivity contribution in [3.8, 4) is 22.9 Å². The quantitative estimate of drug-likeness (QED) is 0.496. The summed E-state index contributed by atoms with van der Waals surface area (Å²) in [6.45, 7) is 1.26. The molecule has 1 fully saturated rings. The SMILES string of the molecule is O=C(c1c(Cl)cc(Cl)cc1Cl)N1CCC(c2nc(-c3ccc4c(c3)OCO4)no2)CC1. The minimum Gasteiger partial charge on any atom is -0.454 e. The van der Waals surface area contributed by atoms with E-state index >= 15 is 0 Å². The summed E-state index contributed by atoms with van der Waals surface area (Å²) < 4.78 is 16.3. The number of piperidine rings is 1. The van der Waals surface area contributed by atoms with Crippen molar-refractivity contribution in [1.29, 1.82) is 0 Å². The van der Waals surface area contributed by atoms with Gasteiger partial charge in [0.25, 0.3) is 5.91 Å². The van der Waals surface area contributed by atoms with Crippen molar-refractivity contribution in [3.63, 3.8) is 0 Å². The van der Waals surface area contributed by atoms with Crippen molar-refractivity contribution in [2.75, 3.05) is 19.9 Å². The van der Waals surface area contributed by atoms with Crippen molar-refractivity contribution in [1.82, 2.24) is 15.0 Å². The molecule has 0 N–H and O–H groups in total. The third-order valence-electron chi connectivity index (χ3n) is 5.42. The van der Waals surface area contributed by atoms with Crippen LogP contribution in [-0.4, -0.2) is 40.8 Å². The Hall–Kier alpha value is -2.48. The first-order valence-corrected chi connectivity index (χ1v) is 10.8. The van der Waals surface area contributed by atoms with E-state index < -0.39 is 0 Å². The number of rotatable bonds is 3. The summed E-state index contributed by atoms with van der Waals surface area (Å²) >= 11 is 18.3. The average Bonchev–Trinajstić information content (AvgIpc) is 3.42. The number of carbonyl (C=O) groups excluding carboxylic acids is 1. The third-order valence-corrected chi connectivity index (χ3v) is 6.24. The maximum Gasteiger partial charge on any atom is 0.256 e. The molecule has 1 saturated heterocycles. The zero-order valence-electron chi connectivity index (χ0n) is 16.1. The lowest BCUT2D eigenvalue weighted by atomic mass is 9.96. The van der Waals surface area contributed by atoms with Crippen LogP contribution in [0.3, 0.4) is 0 Å². The molecule has 160 valence electrons. The van der Waals surface area contributed by atoms with Crippen LogP contribution in [-0.2, 0) is 0 Å². The highest BCUT2D eigenvalue weighted by Crippen LogP contribution is 2.36. The van der Waals surface area contributed by atoms with Gasteiger partial charge in [0.2, 0.25) is 18.5 Å². The van der Waals surface area contributed by atoms with Crippen LogP contribution in [0.25, 0.3) is 11.4 Å². The lowest BCUT2D eigenvalue weighted by Gasteiger charge is -2.30. The van der Waals surface area contributed by atoms with Crippen LogP contribution in [0.2, 0.25) is 15.1 Å². The van der Waals surface area contributed by atoms with Gasteiger partial charge >= 0.3 is 0 Å². The van der Waals surface area contributed by atoms with Gasteiger partial charge in [0.15, 0.2) is 11.5 Å². The van der Waals surface area contributed by atoms with Crippen LogP contribution in [0.15, 0.2) is 34.9 Å². The topological polar surface area (TPSA) is 77.7 Å². The van der Waals surface area contributed by atoms with E-state index in [9.17, 15) is 4.79 Å². The molecule has 0 spiro atoms. The number of likely N-dealkylation sites (tertiary alicyclic amines) is 1. The molecule has 10 heteroatoms. The minimum absolute atomic E-state index is 0.0653. The van der Waals surface area contributed by atoms with Crippen LogP contribution < -0.4 is 9.47 Å². The van der Waals surface area contributed by atoms with Gasteiger partial charge in [-0.25, -0.2) is 0 Å². The Kier molecular flexibility index (Phi) is 5.42. The first-order valence-electron chi connectivity index (χ1n) is 9.67. The van der Waals surface area contributed by atoms with Crippen molar-refractivity contribution < 1.29 is 18.8 Å². The number of hydrogen-bond donors (Lipinski definition) is 0. The van der Waals surface area contributed by atoms with E-state index in [4.69, 9.17) is 48.8 Å². The molecule has 3 aromatic rings. The lowest BCUT2D eigenvalue weighted by Crippen LogP contribution is -2.38. The van der Waals surface area contributed by atoms with Crippen LogP contribution >= 0.6 is 34.8 Å². The Morgan fingerprint density at radius 2 is 1.71 bits per heavy atom. The van der Waals surface area contributed by atoms with Crippen molar-refractivity contribution in [2.45, 2.75) is 18.8 Å². The highest BCUT2D eigenvalue weighted by Gasteiger charge is 2.30. The van der Waals surface area contributed by atoms with E-state index in [2.05, 4.69) is 10.1 Å². The van der Waals surface area contributed by atoms with Gasteiger partial charge in [0, 0.05) is 29.6 Å². The molecule has 1 amide bonds. The zero-order valence-corrected chi connectivity index (χ0v) is 18.4. The standard InChI is InChI=1S/C21H16Cl3N3O4/c22-13-8-14(23)18(15(24)9-13)21(28)27-5-3-11(4-6-27)20-25-19(26-31-20)12-1-2-16-17(7-12)30-10-29-16/h1-2,7-9,11H,3-6,10H2. The fourth-order valence-corrected chi connectivity index (χ4v) is 4.77. The lowest BCUT2D eigenvalue weighted by molar-refractivity contribution is 0.0705. The molecular weight excluding hydrogens is 465 g/mol. The first kappa shape index (κ1) is 20.4. The maximum atomic E-state index is 12.9. The fraction of sp³-hybridized carbons (Fsp3) is 0.286. The molecule has 5 rings (SSSR count). The third kappa shape index (κ3) is 3.93. The Labute approximate surface area is 192 Å². The summed E-state index contributed by atoms with van der Waals surface area (Å²) in [6.07, 6.45) is 1.38. The van der Waals surface area contributed by atoms with Crippen molar-refractivity contribution >= 4 is 40.7 Å². The molecular formula is C21H16Cl3N3O4. The zero-order chi connectivity index (χ0) is 21.5. The van der Waals surface area contributed by atoms with Crippen molar-refractivity contribution in [3.05, 3.63) is 56.9 Å². The molecule has 2 aliphatic heterocycles. The van der Waals surface area contributed by atoms with Crippen LogP contribution in [0.1, 0.15) is 35.0 Å². The monoisotopic (exact) mass is 479 g/mol. The summed E-state index contributed by atoms with van der Waals surface area (Å²) in [5.74, 6) is 2.27. The number of fused-ring (bicyclic) bond motifs is 1. The summed E-state index contributed by atoms with van der Waals surface area (Å²) in [5.41, 5.74) is 1.06. The molecule has 1 aromatic heterocycles. The fourth-order valence-electron chi connectivity index (χ4n) is 3.79. The van der Waals surface area contributed by atoms with Gasteiger partial charge in [-0.1, -0.05) is 40.0 Å². The largest absolute Gasteiger partial charge is 0.454 e. The number of halogens is 3.